The molecule has 1 heterocycles. The molecule has 0 spiro atoms. The zero-order chi connectivity index (χ0) is 15.1. The smallest absolute Gasteiger partial charge is 0.293 e. The van der Waals surface area contributed by atoms with E-state index < -0.39 is 0 Å². The molecule has 0 atom stereocenters. The molecule has 1 N–H and O–H groups in total. The molecule has 20 heavy (non-hydrogen) atoms. The first-order chi connectivity index (χ1) is 9.53. The number of rotatable bonds is 8. The highest BCUT2D eigenvalue weighted by molar-refractivity contribution is 6.18. The zero-order valence-electron chi connectivity index (χ0n) is 12.0. The summed E-state index contributed by atoms with van der Waals surface area (Å²) in [6.45, 7) is 4.92. The standard InChI is InChI=1S/C13H20ClN3O3/c1-4-16(8-7-14)13(15-3)12(17(18)19)9-11-6-5-10(2)20-11/h5-6,15H,4,7-9H2,1-3H3. The maximum Gasteiger partial charge on any atom is 0.293 e. The van der Waals surface area contributed by atoms with Crippen molar-refractivity contribution in [2.24, 2.45) is 0 Å². The SMILES string of the molecule is CCN(CCCl)C(NC)=C(Cc1ccc(C)o1)[N+](=O)[O-]. The minimum Gasteiger partial charge on any atom is -0.466 e. The van der Waals surface area contributed by atoms with E-state index in [1.54, 1.807) is 19.2 Å². The van der Waals surface area contributed by atoms with Crippen LogP contribution >= 0.6 is 11.6 Å². The summed E-state index contributed by atoms with van der Waals surface area (Å²) < 4.78 is 5.42. The van der Waals surface area contributed by atoms with E-state index in [0.717, 1.165) is 5.76 Å². The lowest BCUT2D eigenvalue weighted by molar-refractivity contribution is -0.430. The molecule has 0 bridgehead atoms. The molecule has 0 aliphatic rings. The van der Waals surface area contributed by atoms with Crippen LogP contribution in [0, 0.1) is 17.0 Å². The first kappa shape index (κ1) is 16.4. The molecule has 1 aromatic rings. The van der Waals surface area contributed by atoms with Crippen LogP contribution in [-0.4, -0.2) is 35.8 Å². The monoisotopic (exact) mass is 301 g/mol. The van der Waals surface area contributed by atoms with Crippen LogP contribution in [0.4, 0.5) is 0 Å². The molecule has 6 nitrogen and oxygen atoms in total. The predicted molar refractivity (Wildman–Crippen MR) is 78.2 cm³/mol. The van der Waals surface area contributed by atoms with Gasteiger partial charge < -0.3 is 14.6 Å². The van der Waals surface area contributed by atoms with E-state index in [4.69, 9.17) is 16.0 Å². The first-order valence-corrected chi connectivity index (χ1v) is 6.98. The molecule has 0 aromatic carbocycles. The lowest BCUT2D eigenvalue weighted by Crippen LogP contribution is -2.34. The number of furan rings is 1. The second-order valence-corrected chi connectivity index (χ2v) is 4.64. The molecule has 1 aromatic heterocycles. The molecule has 0 saturated carbocycles. The van der Waals surface area contributed by atoms with Gasteiger partial charge in [0.25, 0.3) is 5.70 Å². The van der Waals surface area contributed by atoms with Gasteiger partial charge in [0.15, 0.2) is 5.82 Å². The van der Waals surface area contributed by atoms with Gasteiger partial charge in [-0.05, 0) is 26.0 Å². The van der Waals surface area contributed by atoms with Crippen LogP contribution in [0.2, 0.25) is 0 Å². The Balaban J connectivity index is 3.11. The summed E-state index contributed by atoms with van der Waals surface area (Å²) in [5, 5.41) is 14.3. The topological polar surface area (TPSA) is 71.5 Å². The summed E-state index contributed by atoms with van der Waals surface area (Å²) in [4.78, 5) is 12.8. The molecule has 0 unspecified atom stereocenters. The van der Waals surface area contributed by atoms with Crippen LogP contribution in [0.15, 0.2) is 28.1 Å². The number of hydrogen-bond acceptors (Lipinski definition) is 5. The van der Waals surface area contributed by atoms with Gasteiger partial charge in [0.1, 0.15) is 17.9 Å². The first-order valence-electron chi connectivity index (χ1n) is 6.45. The lowest BCUT2D eigenvalue weighted by atomic mass is 10.2. The maximum atomic E-state index is 11.3. The molecule has 112 valence electrons. The number of alkyl halides is 1. The lowest BCUT2D eigenvalue weighted by Gasteiger charge is -2.24. The number of nitrogens with zero attached hydrogens (tertiary/aromatic N) is 2. The highest BCUT2D eigenvalue weighted by Crippen LogP contribution is 2.16. The zero-order valence-corrected chi connectivity index (χ0v) is 12.7. The van der Waals surface area contributed by atoms with E-state index in [1.165, 1.54) is 0 Å². The van der Waals surface area contributed by atoms with E-state index in [9.17, 15) is 10.1 Å². The number of hydrogen-bond donors (Lipinski definition) is 1. The third kappa shape index (κ3) is 4.16. The quantitative estimate of drug-likeness (QED) is 0.453. The Morgan fingerprint density at radius 2 is 2.25 bits per heavy atom. The van der Waals surface area contributed by atoms with E-state index >= 15 is 0 Å². The van der Waals surface area contributed by atoms with Crippen LogP contribution in [0.3, 0.4) is 0 Å². The number of nitro groups is 1. The van der Waals surface area contributed by atoms with Gasteiger partial charge in [-0.25, -0.2) is 0 Å². The number of allylic oxidation sites excluding steroid dienone is 1. The van der Waals surface area contributed by atoms with Crippen molar-refractivity contribution in [2.45, 2.75) is 20.3 Å². The molecule has 0 amide bonds. The summed E-state index contributed by atoms with van der Waals surface area (Å²) in [5.41, 5.74) is 0.0776. The highest BCUT2D eigenvalue weighted by atomic mass is 35.5. The van der Waals surface area contributed by atoms with Gasteiger partial charge >= 0.3 is 0 Å². The average Bonchev–Trinajstić information content (AvgIpc) is 2.82. The Morgan fingerprint density at radius 1 is 1.55 bits per heavy atom. The van der Waals surface area contributed by atoms with Crippen LogP contribution in [0.5, 0.6) is 0 Å². The van der Waals surface area contributed by atoms with Crippen molar-refractivity contribution in [3.63, 3.8) is 0 Å². The molecule has 0 saturated heterocycles. The van der Waals surface area contributed by atoms with Crippen LogP contribution in [0.1, 0.15) is 18.4 Å². The molecule has 0 aliphatic heterocycles. The van der Waals surface area contributed by atoms with Crippen molar-refractivity contribution in [3.8, 4) is 0 Å². The predicted octanol–water partition coefficient (Wildman–Crippen LogP) is 2.36. The highest BCUT2D eigenvalue weighted by Gasteiger charge is 2.23. The summed E-state index contributed by atoms with van der Waals surface area (Å²) >= 11 is 5.74. The van der Waals surface area contributed by atoms with Crippen LogP contribution in [0.25, 0.3) is 0 Å². The van der Waals surface area contributed by atoms with Gasteiger partial charge in [-0.1, -0.05) is 0 Å². The fourth-order valence-corrected chi connectivity index (χ4v) is 2.20. The van der Waals surface area contributed by atoms with Gasteiger partial charge in [0, 0.05) is 26.0 Å². The normalized spacial score (nSPS) is 12.0. The average molecular weight is 302 g/mol. The van der Waals surface area contributed by atoms with Crippen LogP contribution in [-0.2, 0) is 6.42 Å². The summed E-state index contributed by atoms with van der Waals surface area (Å²) in [6.07, 6.45) is 0.135. The summed E-state index contributed by atoms with van der Waals surface area (Å²) in [5.74, 6) is 2.20. The fourth-order valence-electron chi connectivity index (χ4n) is 1.99. The van der Waals surface area contributed by atoms with Gasteiger partial charge in [0.05, 0.1) is 4.92 Å². The van der Waals surface area contributed by atoms with E-state index in [1.807, 2.05) is 18.7 Å². The third-order valence-corrected chi connectivity index (χ3v) is 3.09. The van der Waals surface area contributed by atoms with Gasteiger partial charge in [-0.3, -0.25) is 10.1 Å². The molecular weight excluding hydrogens is 282 g/mol. The third-order valence-electron chi connectivity index (χ3n) is 2.92. The summed E-state index contributed by atoms with van der Waals surface area (Å²) in [7, 11) is 1.67. The second kappa shape index (κ2) is 7.79. The van der Waals surface area contributed by atoms with Gasteiger partial charge in [-0.2, -0.15) is 0 Å². The van der Waals surface area contributed by atoms with Crippen molar-refractivity contribution < 1.29 is 9.34 Å². The van der Waals surface area contributed by atoms with Gasteiger partial charge in [0.2, 0.25) is 0 Å². The largest absolute Gasteiger partial charge is 0.466 e. The van der Waals surface area contributed by atoms with Crippen molar-refractivity contribution in [2.75, 3.05) is 26.0 Å². The summed E-state index contributed by atoms with van der Waals surface area (Å²) in [6, 6.07) is 3.55. The van der Waals surface area contributed by atoms with Crippen molar-refractivity contribution >= 4 is 11.6 Å². The molecular formula is C13H20ClN3O3. The maximum absolute atomic E-state index is 11.3. The van der Waals surface area contributed by atoms with E-state index in [2.05, 4.69) is 5.32 Å². The Labute approximate surface area is 123 Å². The number of nitrogens with one attached hydrogen (secondary N) is 1. The minimum absolute atomic E-state index is 0.0776. The minimum atomic E-state index is -0.374. The van der Waals surface area contributed by atoms with Crippen molar-refractivity contribution in [1.29, 1.82) is 0 Å². The Hall–Kier alpha value is -1.69. The number of aryl methyl sites for hydroxylation is 1. The van der Waals surface area contributed by atoms with Crippen LogP contribution < -0.4 is 5.32 Å². The van der Waals surface area contributed by atoms with Gasteiger partial charge in [-0.15, -0.1) is 11.6 Å². The van der Waals surface area contributed by atoms with E-state index in [0.29, 0.717) is 30.6 Å². The Morgan fingerprint density at radius 3 is 2.65 bits per heavy atom. The molecule has 7 heteroatoms. The molecule has 0 radical (unpaired) electrons. The number of halogens is 1. The Bertz CT molecular complexity index is 485. The Kier molecular flexibility index (Phi) is 6.38. The van der Waals surface area contributed by atoms with Crippen molar-refractivity contribution in [1.82, 2.24) is 10.2 Å². The fraction of sp³-hybridized carbons (Fsp3) is 0.538. The second-order valence-electron chi connectivity index (χ2n) is 4.26. The van der Waals surface area contributed by atoms with E-state index in [-0.39, 0.29) is 17.0 Å². The molecule has 1 rings (SSSR count). The molecule has 0 aliphatic carbocycles. The van der Waals surface area contributed by atoms with Crippen molar-refractivity contribution in [3.05, 3.63) is 45.3 Å². The molecule has 0 fully saturated rings.